The molecule has 0 aliphatic heterocycles. The number of halogens is 1. The van der Waals surface area contributed by atoms with Gasteiger partial charge in [0.15, 0.2) is 5.82 Å². The van der Waals surface area contributed by atoms with Gasteiger partial charge in [-0.15, -0.1) is 0 Å². The third-order valence-corrected chi connectivity index (χ3v) is 5.83. The summed E-state index contributed by atoms with van der Waals surface area (Å²) in [5.74, 6) is 0.319. The van der Waals surface area contributed by atoms with Crippen molar-refractivity contribution in [3.63, 3.8) is 0 Å². The first kappa shape index (κ1) is 20.9. The fourth-order valence-electron chi connectivity index (χ4n) is 3.46. The molecule has 3 aromatic rings. The predicted molar refractivity (Wildman–Crippen MR) is 121 cm³/mol. The van der Waals surface area contributed by atoms with Gasteiger partial charge in [-0.2, -0.15) is 0 Å². The molecule has 1 aromatic heterocycles. The summed E-state index contributed by atoms with van der Waals surface area (Å²) in [7, 11) is 0. The summed E-state index contributed by atoms with van der Waals surface area (Å²) in [5.41, 5.74) is 8.45. The van der Waals surface area contributed by atoms with Gasteiger partial charge >= 0.3 is 0 Å². The number of hydrogen-bond acceptors (Lipinski definition) is 2. The first-order chi connectivity index (χ1) is 13.8. The molecule has 0 bridgehead atoms. The Balaban J connectivity index is 1.70. The largest absolute Gasteiger partial charge is 0.331 e. The third kappa shape index (κ3) is 4.77. The van der Waals surface area contributed by atoms with Crippen molar-refractivity contribution in [2.75, 3.05) is 5.32 Å². The molecule has 0 radical (unpaired) electrons. The van der Waals surface area contributed by atoms with Crippen LogP contribution in [0.15, 0.2) is 42.9 Å². The summed E-state index contributed by atoms with van der Waals surface area (Å²) in [6, 6.07) is 7.68. The molecule has 0 saturated carbocycles. The zero-order valence-electron chi connectivity index (χ0n) is 17.5. The van der Waals surface area contributed by atoms with Crippen LogP contribution in [0.25, 0.3) is 6.08 Å². The zero-order chi connectivity index (χ0) is 21.1. The van der Waals surface area contributed by atoms with Crippen LogP contribution in [0.1, 0.15) is 38.9 Å². The lowest BCUT2D eigenvalue weighted by atomic mass is 9.89. The molecule has 0 atom stereocenters. The number of nitrogens with zero attached hydrogens (tertiary/aromatic N) is 2. The topological polar surface area (TPSA) is 46.9 Å². The summed E-state index contributed by atoms with van der Waals surface area (Å²) in [6.45, 7) is 11.2. The van der Waals surface area contributed by atoms with E-state index in [1.54, 1.807) is 12.4 Å². The average Bonchev–Trinajstić information content (AvgIpc) is 3.11. The first-order valence-electron chi connectivity index (χ1n) is 9.58. The second-order valence-electron chi connectivity index (χ2n) is 7.42. The molecular formula is C24H26ClN3O. The SMILES string of the molecule is Cc1c(C)c(C)c(/C=C/C(=O)Nc2cn(Cc3cccc(Cl)c3)cn2)c(C)c1C. The van der Waals surface area contributed by atoms with E-state index >= 15 is 0 Å². The van der Waals surface area contributed by atoms with Crippen LogP contribution in [0, 0.1) is 34.6 Å². The van der Waals surface area contributed by atoms with Crippen LogP contribution in [0.5, 0.6) is 0 Å². The molecule has 2 aromatic carbocycles. The number of amides is 1. The zero-order valence-corrected chi connectivity index (χ0v) is 18.3. The second kappa shape index (κ2) is 8.66. The summed E-state index contributed by atoms with van der Waals surface area (Å²) in [5, 5.41) is 3.53. The molecule has 0 aliphatic rings. The standard InChI is InChI=1S/C24H26ClN3O/c1-15-16(2)18(4)22(19(5)17(15)3)9-10-24(29)27-23-13-28(14-26-23)12-20-7-6-8-21(25)11-20/h6-11,13-14H,12H2,1-5H3,(H,27,29)/b10-9+. The van der Waals surface area contributed by atoms with E-state index in [2.05, 4.69) is 44.9 Å². The minimum atomic E-state index is -0.201. The lowest BCUT2D eigenvalue weighted by molar-refractivity contribution is -0.111. The van der Waals surface area contributed by atoms with Crippen molar-refractivity contribution in [3.8, 4) is 0 Å². The van der Waals surface area contributed by atoms with Gasteiger partial charge in [-0.25, -0.2) is 4.98 Å². The van der Waals surface area contributed by atoms with Crippen molar-refractivity contribution in [3.05, 3.63) is 86.8 Å². The molecular weight excluding hydrogens is 382 g/mol. The fraction of sp³-hybridized carbons (Fsp3) is 0.250. The highest BCUT2D eigenvalue weighted by Crippen LogP contribution is 2.27. The van der Waals surface area contributed by atoms with Gasteiger partial charge in [0.2, 0.25) is 5.91 Å². The number of carbonyl (C=O) groups excluding carboxylic acids is 1. The van der Waals surface area contributed by atoms with Crippen LogP contribution >= 0.6 is 11.6 Å². The van der Waals surface area contributed by atoms with Gasteiger partial charge in [-0.3, -0.25) is 4.79 Å². The molecule has 0 spiro atoms. The highest BCUT2D eigenvalue weighted by Gasteiger charge is 2.10. The fourth-order valence-corrected chi connectivity index (χ4v) is 3.68. The van der Waals surface area contributed by atoms with Gasteiger partial charge in [0.25, 0.3) is 0 Å². The maximum absolute atomic E-state index is 12.4. The van der Waals surface area contributed by atoms with Crippen LogP contribution < -0.4 is 5.32 Å². The smallest absolute Gasteiger partial charge is 0.249 e. The van der Waals surface area contributed by atoms with Crippen molar-refractivity contribution in [2.45, 2.75) is 41.2 Å². The number of aromatic nitrogens is 2. The Morgan fingerprint density at radius 1 is 1.07 bits per heavy atom. The summed E-state index contributed by atoms with van der Waals surface area (Å²) >= 11 is 6.03. The lowest BCUT2D eigenvalue weighted by Gasteiger charge is -2.16. The number of rotatable bonds is 5. The normalized spacial score (nSPS) is 11.2. The molecule has 0 saturated heterocycles. The van der Waals surface area contributed by atoms with E-state index in [1.807, 2.05) is 41.1 Å². The highest BCUT2D eigenvalue weighted by atomic mass is 35.5. The number of hydrogen-bond donors (Lipinski definition) is 1. The maximum Gasteiger partial charge on any atom is 0.249 e. The van der Waals surface area contributed by atoms with E-state index in [0.29, 0.717) is 17.4 Å². The quantitative estimate of drug-likeness (QED) is 0.545. The molecule has 150 valence electrons. The predicted octanol–water partition coefficient (Wildman–Crippen LogP) is 5.78. The molecule has 1 N–H and O–H groups in total. The van der Waals surface area contributed by atoms with Crippen LogP contribution in [0.4, 0.5) is 5.82 Å². The van der Waals surface area contributed by atoms with Gasteiger partial charge in [0.05, 0.1) is 6.33 Å². The van der Waals surface area contributed by atoms with Crippen molar-refractivity contribution in [2.24, 2.45) is 0 Å². The Labute approximate surface area is 177 Å². The van der Waals surface area contributed by atoms with Gasteiger partial charge < -0.3 is 9.88 Å². The maximum atomic E-state index is 12.4. The number of carbonyl (C=O) groups is 1. The Bertz CT molecular complexity index is 1070. The number of benzene rings is 2. The molecule has 0 aliphatic carbocycles. The van der Waals surface area contributed by atoms with E-state index in [-0.39, 0.29) is 5.91 Å². The van der Waals surface area contributed by atoms with E-state index in [1.165, 1.54) is 27.8 Å². The lowest BCUT2D eigenvalue weighted by Crippen LogP contribution is -2.08. The Kier molecular flexibility index (Phi) is 6.23. The number of imidazole rings is 1. The molecule has 1 amide bonds. The van der Waals surface area contributed by atoms with Crippen molar-refractivity contribution in [1.82, 2.24) is 9.55 Å². The van der Waals surface area contributed by atoms with Gasteiger partial charge in [0.1, 0.15) is 0 Å². The summed E-state index contributed by atoms with van der Waals surface area (Å²) in [4.78, 5) is 16.7. The highest BCUT2D eigenvalue weighted by molar-refractivity contribution is 6.30. The van der Waals surface area contributed by atoms with Crippen LogP contribution in [0.2, 0.25) is 5.02 Å². The summed E-state index contributed by atoms with van der Waals surface area (Å²) in [6.07, 6.45) is 6.96. The van der Waals surface area contributed by atoms with Crippen molar-refractivity contribution >= 4 is 29.4 Å². The van der Waals surface area contributed by atoms with E-state index in [9.17, 15) is 4.79 Å². The minimum absolute atomic E-state index is 0.201. The average molecular weight is 408 g/mol. The van der Waals surface area contributed by atoms with E-state index in [4.69, 9.17) is 11.6 Å². The molecule has 5 heteroatoms. The second-order valence-corrected chi connectivity index (χ2v) is 7.86. The number of nitrogens with one attached hydrogen (secondary N) is 1. The first-order valence-corrected chi connectivity index (χ1v) is 9.96. The summed E-state index contributed by atoms with van der Waals surface area (Å²) < 4.78 is 1.91. The third-order valence-electron chi connectivity index (χ3n) is 5.60. The monoisotopic (exact) mass is 407 g/mol. The van der Waals surface area contributed by atoms with E-state index in [0.717, 1.165) is 11.1 Å². The van der Waals surface area contributed by atoms with Crippen LogP contribution in [-0.2, 0) is 11.3 Å². The Hall–Kier alpha value is -2.85. The molecule has 3 rings (SSSR count). The van der Waals surface area contributed by atoms with E-state index < -0.39 is 0 Å². The van der Waals surface area contributed by atoms with Crippen molar-refractivity contribution < 1.29 is 4.79 Å². The Morgan fingerprint density at radius 3 is 2.38 bits per heavy atom. The van der Waals surface area contributed by atoms with Gasteiger partial charge in [0, 0.05) is 23.8 Å². The molecule has 0 unspecified atom stereocenters. The molecule has 0 fully saturated rings. The molecule has 1 heterocycles. The van der Waals surface area contributed by atoms with Gasteiger partial charge in [-0.1, -0.05) is 23.7 Å². The van der Waals surface area contributed by atoms with Crippen LogP contribution in [0.3, 0.4) is 0 Å². The number of anilines is 1. The van der Waals surface area contributed by atoms with Crippen LogP contribution in [-0.4, -0.2) is 15.5 Å². The molecule has 29 heavy (non-hydrogen) atoms. The minimum Gasteiger partial charge on any atom is -0.331 e. The van der Waals surface area contributed by atoms with Crippen molar-refractivity contribution in [1.29, 1.82) is 0 Å². The molecule has 4 nitrogen and oxygen atoms in total. The van der Waals surface area contributed by atoms with Gasteiger partial charge in [-0.05, 0) is 91.8 Å². The Morgan fingerprint density at radius 2 is 1.72 bits per heavy atom.